The van der Waals surface area contributed by atoms with E-state index in [1.54, 1.807) is 32.6 Å². The van der Waals surface area contributed by atoms with Crippen molar-refractivity contribution in [1.29, 1.82) is 0 Å². The maximum absolute atomic E-state index is 12.0. The van der Waals surface area contributed by atoms with E-state index in [9.17, 15) is 9.59 Å². The molecule has 1 saturated heterocycles. The van der Waals surface area contributed by atoms with Crippen LogP contribution in [-0.4, -0.2) is 46.6 Å². The molecule has 1 aliphatic rings. The highest BCUT2D eigenvalue weighted by Gasteiger charge is 2.29. The number of nitrogens with two attached hydrogens (primary N) is 1. The molecule has 0 spiro atoms. The summed E-state index contributed by atoms with van der Waals surface area (Å²) in [4.78, 5) is 30.1. The highest BCUT2D eigenvalue weighted by molar-refractivity contribution is 7.17. The molecule has 0 radical (unpaired) electrons. The average Bonchev–Trinajstić information content (AvgIpc) is 2.63. The van der Waals surface area contributed by atoms with Crippen molar-refractivity contribution < 1.29 is 14.3 Å². The summed E-state index contributed by atoms with van der Waals surface area (Å²) in [7, 11) is 0. The first-order valence-corrected chi connectivity index (χ1v) is 7.49. The van der Waals surface area contributed by atoms with Gasteiger partial charge in [-0.05, 0) is 27.7 Å². The Hall–Kier alpha value is -1.38. The minimum absolute atomic E-state index is 0. The van der Waals surface area contributed by atoms with Crippen LogP contribution < -0.4 is 11.1 Å². The highest BCUT2D eigenvalue weighted by Crippen LogP contribution is 2.25. The lowest BCUT2D eigenvalue weighted by Crippen LogP contribution is -2.58. The van der Waals surface area contributed by atoms with Gasteiger partial charge in [-0.3, -0.25) is 5.32 Å². The maximum Gasteiger partial charge on any atom is 0.350 e. The number of nitrogens with one attached hydrogen (secondary N) is 1. The van der Waals surface area contributed by atoms with Gasteiger partial charge >= 0.3 is 12.0 Å². The molecule has 0 bridgehead atoms. The van der Waals surface area contributed by atoms with Crippen molar-refractivity contribution in [2.45, 2.75) is 39.3 Å². The van der Waals surface area contributed by atoms with E-state index in [1.807, 2.05) is 0 Å². The van der Waals surface area contributed by atoms with E-state index >= 15 is 0 Å². The Bertz CT molecular complexity index is 564. The number of likely N-dealkylation sites (tertiary alicyclic amines) is 1. The van der Waals surface area contributed by atoms with Crippen molar-refractivity contribution in [3.8, 4) is 0 Å². The number of nitrogens with zero attached hydrogens (tertiary/aromatic N) is 2. The molecule has 1 aromatic heterocycles. The predicted molar refractivity (Wildman–Crippen MR) is 87.8 cm³/mol. The quantitative estimate of drug-likeness (QED) is 0.797. The molecule has 22 heavy (non-hydrogen) atoms. The number of rotatable bonds is 2. The second kappa shape index (κ2) is 6.80. The molecule has 0 unspecified atom stereocenters. The number of halogens is 1. The van der Waals surface area contributed by atoms with E-state index in [-0.39, 0.29) is 24.5 Å². The fourth-order valence-electron chi connectivity index (χ4n) is 1.81. The Kier molecular flexibility index (Phi) is 5.77. The van der Waals surface area contributed by atoms with Gasteiger partial charge in [0.25, 0.3) is 0 Å². The highest BCUT2D eigenvalue weighted by atomic mass is 35.5. The lowest BCUT2D eigenvalue weighted by atomic mass is 10.1. The molecule has 124 valence electrons. The van der Waals surface area contributed by atoms with Gasteiger partial charge in [0.1, 0.15) is 10.5 Å². The Balaban J connectivity index is 0.00000242. The number of carbonyl (C=O) groups excluding carboxylic acids is 2. The molecule has 2 rings (SSSR count). The standard InChI is InChI=1S/C13H20N4O3S.ClH/c1-7-9(10(18)20-13(2,3)4)21-11(15-7)16-12(19)17-5-8(14)6-17;/h8H,5-6,14H2,1-4H3,(H,15,16,19);1H. The number of thiazole rings is 1. The van der Waals surface area contributed by atoms with Gasteiger partial charge in [-0.15, -0.1) is 12.4 Å². The Morgan fingerprint density at radius 2 is 2.00 bits per heavy atom. The van der Waals surface area contributed by atoms with Gasteiger partial charge in [0.2, 0.25) is 0 Å². The number of aromatic nitrogens is 1. The number of ether oxygens (including phenoxy) is 1. The van der Waals surface area contributed by atoms with Crippen molar-refractivity contribution in [1.82, 2.24) is 9.88 Å². The van der Waals surface area contributed by atoms with Crippen LogP contribution in [0.1, 0.15) is 36.1 Å². The molecule has 2 heterocycles. The number of urea groups is 1. The van der Waals surface area contributed by atoms with Gasteiger partial charge in [0, 0.05) is 19.1 Å². The zero-order chi connectivity index (χ0) is 15.8. The predicted octanol–water partition coefficient (Wildman–Crippen LogP) is 2.00. The fourth-order valence-corrected chi connectivity index (χ4v) is 2.65. The second-order valence-electron chi connectivity index (χ2n) is 6.03. The molecular formula is C13H21ClN4O3S. The van der Waals surface area contributed by atoms with Crippen molar-refractivity contribution >= 4 is 40.9 Å². The minimum atomic E-state index is -0.565. The summed E-state index contributed by atoms with van der Waals surface area (Å²) in [6.45, 7) is 8.19. The van der Waals surface area contributed by atoms with Crippen molar-refractivity contribution in [3.63, 3.8) is 0 Å². The summed E-state index contributed by atoms with van der Waals surface area (Å²) in [5.74, 6) is -0.427. The van der Waals surface area contributed by atoms with Crippen molar-refractivity contribution in [2.75, 3.05) is 18.4 Å². The SMILES string of the molecule is Cc1nc(NC(=O)N2CC(N)C2)sc1C(=O)OC(C)(C)C.Cl. The van der Waals surface area contributed by atoms with Crippen LogP contribution in [0.4, 0.5) is 9.93 Å². The first kappa shape index (κ1) is 18.7. The number of amides is 2. The van der Waals surface area contributed by atoms with Crippen LogP contribution in [0.15, 0.2) is 0 Å². The molecule has 7 nitrogen and oxygen atoms in total. The van der Waals surface area contributed by atoms with Crippen LogP contribution in [0.25, 0.3) is 0 Å². The smallest absolute Gasteiger partial charge is 0.350 e. The largest absolute Gasteiger partial charge is 0.456 e. The van der Waals surface area contributed by atoms with E-state index in [4.69, 9.17) is 10.5 Å². The molecule has 3 N–H and O–H groups in total. The molecule has 2 amide bonds. The van der Waals surface area contributed by atoms with Gasteiger partial charge in [0.05, 0.1) is 5.69 Å². The summed E-state index contributed by atoms with van der Waals surface area (Å²) >= 11 is 1.11. The van der Waals surface area contributed by atoms with Gasteiger partial charge in [-0.25, -0.2) is 14.6 Å². The minimum Gasteiger partial charge on any atom is -0.456 e. The third-order valence-electron chi connectivity index (χ3n) is 2.79. The van der Waals surface area contributed by atoms with Crippen LogP contribution in [-0.2, 0) is 4.74 Å². The summed E-state index contributed by atoms with van der Waals surface area (Å²) in [5.41, 5.74) is 5.61. The van der Waals surface area contributed by atoms with Gasteiger partial charge in [-0.2, -0.15) is 0 Å². The summed E-state index contributed by atoms with van der Waals surface area (Å²) in [6.07, 6.45) is 0. The molecule has 9 heteroatoms. The third-order valence-corrected chi connectivity index (χ3v) is 3.84. The number of carbonyl (C=O) groups is 2. The monoisotopic (exact) mass is 348 g/mol. The van der Waals surface area contributed by atoms with Gasteiger partial charge in [-0.1, -0.05) is 11.3 Å². The van der Waals surface area contributed by atoms with E-state index in [0.717, 1.165) is 11.3 Å². The summed E-state index contributed by atoms with van der Waals surface area (Å²) in [5, 5.41) is 3.06. The molecule has 0 atom stereocenters. The van der Waals surface area contributed by atoms with Crippen LogP contribution in [0.2, 0.25) is 0 Å². The van der Waals surface area contributed by atoms with Crippen LogP contribution in [0, 0.1) is 6.92 Å². The van der Waals surface area contributed by atoms with E-state index in [2.05, 4.69) is 10.3 Å². The van der Waals surface area contributed by atoms with Crippen LogP contribution in [0.5, 0.6) is 0 Å². The van der Waals surface area contributed by atoms with Gasteiger partial charge < -0.3 is 15.4 Å². The Morgan fingerprint density at radius 1 is 1.41 bits per heavy atom. The van der Waals surface area contributed by atoms with E-state index < -0.39 is 11.6 Å². The fraction of sp³-hybridized carbons (Fsp3) is 0.615. The van der Waals surface area contributed by atoms with Crippen LogP contribution in [0.3, 0.4) is 0 Å². The number of hydrogen-bond acceptors (Lipinski definition) is 6. The molecule has 1 fully saturated rings. The second-order valence-corrected chi connectivity index (χ2v) is 7.03. The number of anilines is 1. The Morgan fingerprint density at radius 3 is 2.50 bits per heavy atom. The lowest BCUT2D eigenvalue weighted by Gasteiger charge is -2.36. The molecule has 1 aliphatic heterocycles. The van der Waals surface area contributed by atoms with Crippen LogP contribution >= 0.6 is 23.7 Å². The topological polar surface area (TPSA) is 97.5 Å². The number of hydrogen-bond donors (Lipinski definition) is 2. The molecule has 0 aromatic carbocycles. The summed E-state index contributed by atoms with van der Waals surface area (Å²) < 4.78 is 5.31. The third kappa shape index (κ3) is 4.56. The zero-order valence-corrected chi connectivity index (χ0v) is 14.6. The lowest BCUT2D eigenvalue weighted by molar-refractivity contribution is 0.00742. The normalized spacial score (nSPS) is 14.9. The number of esters is 1. The van der Waals surface area contributed by atoms with Crippen molar-refractivity contribution in [3.05, 3.63) is 10.6 Å². The first-order chi connectivity index (χ1) is 9.65. The Labute approximate surface area is 139 Å². The van der Waals surface area contributed by atoms with Crippen molar-refractivity contribution in [2.24, 2.45) is 5.73 Å². The molecule has 0 saturated carbocycles. The zero-order valence-electron chi connectivity index (χ0n) is 13.0. The van der Waals surface area contributed by atoms with E-state index in [1.165, 1.54) is 0 Å². The number of aryl methyl sites for hydroxylation is 1. The first-order valence-electron chi connectivity index (χ1n) is 6.68. The molecular weight excluding hydrogens is 328 g/mol. The molecule has 1 aromatic rings. The molecule has 0 aliphatic carbocycles. The van der Waals surface area contributed by atoms with E-state index in [0.29, 0.717) is 28.8 Å². The maximum atomic E-state index is 12.0. The van der Waals surface area contributed by atoms with Gasteiger partial charge in [0.15, 0.2) is 5.13 Å². The average molecular weight is 349 g/mol. The summed E-state index contributed by atoms with van der Waals surface area (Å²) in [6, 6.07) is -0.202.